The summed E-state index contributed by atoms with van der Waals surface area (Å²) in [6.45, 7) is 2.20. The van der Waals surface area contributed by atoms with Crippen molar-refractivity contribution in [3.8, 4) is 5.88 Å². The first-order chi connectivity index (χ1) is 14.4. The molecule has 1 saturated carbocycles. The van der Waals surface area contributed by atoms with E-state index in [1.54, 1.807) is 7.05 Å². The van der Waals surface area contributed by atoms with Crippen LogP contribution in [0.2, 0.25) is 0 Å². The van der Waals surface area contributed by atoms with Gasteiger partial charge in [0.05, 0.1) is 11.1 Å². The van der Waals surface area contributed by atoms with E-state index in [0.29, 0.717) is 29.7 Å². The molecule has 0 aliphatic heterocycles. The van der Waals surface area contributed by atoms with Gasteiger partial charge in [-0.3, -0.25) is 9.48 Å². The maximum absolute atomic E-state index is 13.7. The number of rotatable bonds is 8. The fourth-order valence-electron chi connectivity index (χ4n) is 3.59. The molecule has 2 heterocycles. The topological polar surface area (TPSA) is 69.0 Å². The molecule has 1 fully saturated rings. The van der Waals surface area contributed by atoms with Crippen LogP contribution in [0.5, 0.6) is 5.88 Å². The summed E-state index contributed by atoms with van der Waals surface area (Å²) in [7, 11) is 1.68. The predicted octanol–water partition coefficient (Wildman–Crippen LogP) is 3.83. The number of nitrogens with zero attached hydrogens (tertiary/aromatic N) is 3. The second-order valence-corrected chi connectivity index (χ2v) is 7.65. The van der Waals surface area contributed by atoms with E-state index in [9.17, 15) is 13.6 Å². The number of amides is 1. The number of carbonyl (C=O) groups excluding carboxylic acids is 1. The largest absolute Gasteiger partial charge is 0.467 e. The Morgan fingerprint density at radius 2 is 2.10 bits per heavy atom. The molecule has 0 spiro atoms. The van der Waals surface area contributed by atoms with Gasteiger partial charge >= 0.3 is 0 Å². The molecule has 0 saturated heterocycles. The molecule has 158 valence electrons. The summed E-state index contributed by atoms with van der Waals surface area (Å²) in [5.74, 6) is -0.108. The van der Waals surface area contributed by atoms with Crippen LogP contribution in [0, 0.1) is 6.92 Å². The first-order valence-electron chi connectivity index (χ1n) is 10.0. The first-order valence-corrected chi connectivity index (χ1v) is 10.0. The summed E-state index contributed by atoms with van der Waals surface area (Å²) >= 11 is 0. The standard InChI is InChI=1S/C22H24F2N4O2/c1-13-5-3-4-6-14(13)9-10-25-17(29)12-30-18-11-16(21(23)24)19-20(15-7-8-15)27-28(2)22(19)26-18/h3-6,11,15,21H,7-10,12H2,1-2H3,(H,25,29). The molecule has 3 aromatic rings. The number of benzene rings is 1. The van der Waals surface area contributed by atoms with E-state index >= 15 is 0 Å². The Bertz CT molecular complexity index is 1080. The van der Waals surface area contributed by atoms with Gasteiger partial charge in [0.25, 0.3) is 12.3 Å². The van der Waals surface area contributed by atoms with E-state index in [1.807, 2.05) is 31.2 Å². The van der Waals surface area contributed by atoms with Gasteiger partial charge in [-0.25, -0.2) is 8.78 Å². The Balaban J connectivity index is 1.42. The quantitative estimate of drug-likeness (QED) is 0.608. The van der Waals surface area contributed by atoms with Crippen LogP contribution in [0.25, 0.3) is 11.0 Å². The Morgan fingerprint density at radius 3 is 2.80 bits per heavy atom. The lowest BCUT2D eigenvalue weighted by molar-refractivity contribution is -0.123. The number of halogens is 2. The third kappa shape index (κ3) is 4.27. The van der Waals surface area contributed by atoms with Crippen LogP contribution in [-0.4, -0.2) is 33.8 Å². The molecule has 2 aromatic heterocycles. The first kappa shape index (κ1) is 20.3. The highest BCUT2D eigenvalue weighted by Crippen LogP contribution is 2.44. The lowest BCUT2D eigenvalue weighted by Gasteiger charge is -2.10. The van der Waals surface area contributed by atoms with E-state index in [0.717, 1.165) is 18.4 Å². The van der Waals surface area contributed by atoms with Gasteiger partial charge < -0.3 is 10.1 Å². The van der Waals surface area contributed by atoms with Crippen LogP contribution in [0.15, 0.2) is 30.3 Å². The number of ether oxygens (including phenoxy) is 1. The molecule has 1 aromatic carbocycles. The summed E-state index contributed by atoms with van der Waals surface area (Å²) < 4.78 is 34.4. The fraction of sp³-hybridized carbons (Fsp3) is 0.409. The van der Waals surface area contributed by atoms with Gasteiger partial charge in [0.2, 0.25) is 5.88 Å². The van der Waals surface area contributed by atoms with Gasteiger partial charge in [-0.1, -0.05) is 24.3 Å². The van der Waals surface area contributed by atoms with Crippen molar-refractivity contribution in [2.24, 2.45) is 7.05 Å². The Morgan fingerprint density at radius 1 is 1.33 bits per heavy atom. The third-order valence-corrected chi connectivity index (χ3v) is 5.36. The van der Waals surface area contributed by atoms with Crippen molar-refractivity contribution in [3.05, 3.63) is 52.7 Å². The highest BCUT2D eigenvalue weighted by atomic mass is 19.3. The molecule has 1 amide bonds. The minimum Gasteiger partial charge on any atom is -0.467 e. The van der Waals surface area contributed by atoms with Crippen molar-refractivity contribution < 1.29 is 18.3 Å². The van der Waals surface area contributed by atoms with Crippen LogP contribution in [0.3, 0.4) is 0 Å². The van der Waals surface area contributed by atoms with E-state index in [2.05, 4.69) is 15.4 Å². The zero-order valence-corrected chi connectivity index (χ0v) is 17.0. The van der Waals surface area contributed by atoms with Crippen molar-refractivity contribution in [1.82, 2.24) is 20.1 Å². The number of hydrogen-bond donors (Lipinski definition) is 1. The van der Waals surface area contributed by atoms with Crippen molar-refractivity contribution in [2.75, 3.05) is 13.2 Å². The maximum atomic E-state index is 13.7. The highest BCUT2D eigenvalue weighted by Gasteiger charge is 2.32. The molecular weight excluding hydrogens is 390 g/mol. The van der Waals surface area contributed by atoms with E-state index in [4.69, 9.17) is 4.74 Å². The van der Waals surface area contributed by atoms with Crippen LogP contribution in [-0.2, 0) is 18.3 Å². The van der Waals surface area contributed by atoms with Crippen molar-refractivity contribution >= 4 is 16.9 Å². The highest BCUT2D eigenvalue weighted by molar-refractivity contribution is 5.84. The summed E-state index contributed by atoms with van der Waals surface area (Å²) in [4.78, 5) is 16.4. The van der Waals surface area contributed by atoms with Gasteiger partial charge in [-0.15, -0.1) is 0 Å². The van der Waals surface area contributed by atoms with Gasteiger partial charge in [-0.2, -0.15) is 10.1 Å². The smallest absolute Gasteiger partial charge is 0.264 e. The average Bonchev–Trinajstić information content (AvgIpc) is 3.51. The minimum absolute atomic E-state index is 0.00259. The number of pyridine rings is 1. The lowest BCUT2D eigenvalue weighted by atomic mass is 10.1. The third-order valence-electron chi connectivity index (χ3n) is 5.36. The van der Waals surface area contributed by atoms with Crippen LogP contribution in [0.1, 0.15) is 47.6 Å². The maximum Gasteiger partial charge on any atom is 0.264 e. The molecule has 1 N–H and O–H groups in total. The van der Waals surface area contributed by atoms with Crippen LogP contribution < -0.4 is 10.1 Å². The van der Waals surface area contributed by atoms with E-state index < -0.39 is 6.43 Å². The molecule has 0 bridgehead atoms. The van der Waals surface area contributed by atoms with Gasteiger partial charge in [0, 0.05) is 31.1 Å². The number of aryl methyl sites for hydroxylation is 2. The number of alkyl halides is 2. The average molecular weight is 414 g/mol. The number of hydrogen-bond acceptors (Lipinski definition) is 4. The number of nitrogens with one attached hydrogen (secondary N) is 1. The monoisotopic (exact) mass is 414 g/mol. The van der Waals surface area contributed by atoms with E-state index in [1.165, 1.54) is 16.3 Å². The zero-order chi connectivity index (χ0) is 21.3. The molecule has 4 rings (SSSR count). The predicted molar refractivity (Wildman–Crippen MR) is 109 cm³/mol. The number of carbonyl (C=O) groups is 1. The summed E-state index contributed by atoms with van der Waals surface area (Å²) in [5.41, 5.74) is 3.21. The molecule has 0 unspecified atom stereocenters. The minimum atomic E-state index is -2.68. The molecule has 30 heavy (non-hydrogen) atoms. The molecule has 0 radical (unpaired) electrons. The molecule has 0 atom stereocenters. The van der Waals surface area contributed by atoms with E-state index in [-0.39, 0.29) is 29.9 Å². The second kappa shape index (κ2) is 8.38. The van der Waals surface area contributed by atoms with Crippen molar-refractivity contribution in [3.63, 3.8) is 0 Å². The van der Waals surface area contributed by atoms with Crippen molar-refractivity contribution in [1.29, 1.82) is 0 Å². The summed E-state index contributed by atoms with van der Waals surface area (Å²) in [5, 5.41) is 7.59. The number of aromatic nitrogens is 3. The Kier molecular flexibility index (Phi) is 5.65. The molecule has 1 aliphatic carbocycles. The summed E-state index contributed by atoms with van der Waals surface area (Å²) in [6.07, 6.45) is -0.0646. The zero-order valence-electron chi connectivity index (χ0n) is 17.0. The second-order valence-electron chi connectivity index (χ2n) is 7.65. The molecule has 8 heteroatoms. The summed E-state index contributed by atoms with van der Waals surface area (Å²) in [6, 6.07) is 9.20. The number of fused-ring (bicyclic) bond motifs is 1. The SMILES string of the molecule is Cc1ccccc1CCNC(=O)COc1cc(C(F)F)c2c(C3CC3)nn(C)c2n1. The van der Waals surface area contributed by atoms with Gasteiger partial charge in [0.1, 0.15) is 0 Å². The normalized spacial score (nSPS) is 13.8. The fourth-order valence-corrected chi connectivity index (χ4v) is 3.59. The van der Waals surface area contributed by atoms with Crippen LogP contribution in [0.4, 0.5) is 8.78 Å². The van der Waals surface area contributed by atoms with Gasteiger partial charge in [0.15, 0.2) is 12.3 Å². The van der Waals surface area contributed by atoms with Crippen molar-refractivity contribution in [2.45, 2.75) is 38.5 Å². The van der Waals surface area contributed by atoms with Gasteiger partial charge in [-0.05, 0) is 37.3 Å². The molecular formula is C22H24F2N4O2. The Hall–Kier alpha value is -3.03. The Labute approximate surface area is 173 Å². The van der Waals surface area contributed by atoms with Crippen LogP contribution >= 0.6 is 0 Å². The lowest BCUT2D eigenvalue weighted by Crippen LogP contribution is -2.30. The molecule has 1 aliphatic rings. The molecule has 6 nitrogen and oxygen atoms in total.